The van der Waals surface area contributed by atoms with E-state index in [-0.39, 0.29) is 24.0 Å². The Kier molecular flexibility index (Phi) is 13.5. The number of guanidine groups is 1. The van der Waals surface area contributed by atoms with E-state index >= 15 is 0 Å². The molecule has 2 aliphatic heterocycles. The lowest BCUT2D eigenvalue weighted by Gasteiger charge is -2.35. The molecule has 1 atom stereocenters. The fraction of sp³-hybridized carbons (Fsp3) is 0.708. The predicted molar refractivity (Wildman–Crippen MR) is 140 cm³/mol. The molecule has 1 aromatic rings. The second-order valence-corrected chi connectivity index (χ2v) is 8.44. The van der Waals surface area contributed by atoms with E-state index in [9.17, 15) is 0 Å². The number of halogens is 1. The van der Waals surface area contributed by atoms with Crippen LogP contribution in [-0.4, -0.2) is 83.7 Å². The molecule has 2 N–H and O–H groups in total. The molecular formula is C24H41IN4O3. The Morgan fingerprint density at radius 1 is 1.16 bits per heavy atom. The average molecular weight is 561 g/mol. The van der Waals surface area contributed by atoms with Gasteiger partial charge in [0, 0.05) is 59.7 Å². The summed E-state index contributed by atoms with van der Waals surface area (Å²) in [6, 6.07) is 9.10. The molecule has 0 aliphatic carbocycles. The Balaban J connectivity index is 0.00000363. The highest BCUT2D eigenvalue weighted by Crippen LogP contribution is 2.22. The van der Waals surface area contributed by atoms with E-state index in [2.05, 4.69) is 51.7 Å². The molecule has 2 fully saturated rings. The number of hydrogen-bond donors (Lipinski definition) is 2. The second-order valence-electron chi connectivity index (χ2n) is 8.44. The molecule has 0 amide bonds. The van der Waals surface area contributed by atoms with Gasteiger partial charge in [0.15, 0.2) is 5.96 Å². The summed E-state index contributed by atoms with van der Waals surface area (Å²) in [4.78, 5) is 6.91. The average Bonchev–Trinajstić information content (AvgIpc) is 2.81. The molecule has 32 heavy (non-hydrogen) atoms. The third kappa shape index (κ3) is 9.51. The number of nitrogens with zero attached hydrogens (tertiary/aromatic N) is 2. The van der Waals surface area contributed by atoms with E-state index in [1.54, 1.807) is 0 Å². The van der Waals surface area contributed by atoms with Crippen molar-refractivity contribution in [3.8, 4) is 0 Å². The highest BCUT2D eigenvalue weighted by atomic mass is 127. The zero-order valence-corrected chi connectivity index (χ0v) is 22.0. The van der Waals surface area contributed by atoms with Crippen LogP contribution >= 0.6 is 24.0 Å². The van der Waals surface area contributed by atoms with Gasteiger partial charge in [-0.05, 0) is 37.7 Å². The topological polar surface area (TPSA) is 67.4 Å². The van der Waals surface area contributed by atoms with Crippen LogP contribution in [0.4, 0.5) is 0 Å². The van der Waals surface area contributed by atoms with Gasteiger partial charge in [-0.25, -0.2) is 0 Å². The van der Waals surface area contributed by atoms with Crippen LogP contribution in [0.3, 0.4) is 0 Å². The Bertz CT molecular complexity index is 664. The van der Waals surface area contributed by atoms with Crippen LogP contribution in [0.15, 0.2) is 29.3 Å². The van der Waals surface area contributed by atoms with Crippen LogP contribution in [0.2, 0.25) is 0 Å². The van der Waals surface area contributed by atoms with Crippen molar-refractivity contribution < 1.29 is 14.2 Å². The number of aliphatic imine (C=N–C) groups is 1. The van der Waals surface area contributed by atoms with Gasteiger partial charge in [0.05, 0.1) is 19.3 Å². The van der Waals surface area contributed by atoms with E-state index in [0.29, 0.717) is 12.0 Å². The van der Waals surface area contributed by atoms with Crippen molar-refractivity contribution in [3.63, 3.8) is 0 Å². The van der Waals surface area contributed by atoms with E-state index in [0.717, 1.165) is 91.0 Å². The molecule has 8 heteroatoms. The van der Waals surface area contributed by atoms with E-state index in [1.807, 2.05) is 7.05 Å². The lowest BCUT2D eigenvalue weighted by molar-refractivity contribution is 0.0169. The van der Waals surface area contributed by atoms with E-state index < -0.39 is 0 Å². The maximum atomic E-state index is 5.86. The largest absolute Gasteiger partial charge is 0.381 e. The maximum Gasteiger partial charge on any atom is 0.191 e. The zero-order chi connectivity index (χ0) is 21.7. The molecule has 0 bridgehead atoms. The van der Waals surface area contributed by atoms with Crippen LogP contribution in [0.5, 0.6) is 0 Å². The van der Waals surface area contributed by atoms with Gasteiger partial charge in [0.2, 0.25) is 0 Å². The van der Waals surface area contributed by atoms with Crippen molar-refractivity contribution >= 4 is 29.9 Å². The van der Waals surface area contributed by atoms with Crippen molar-refractivity contribution in [2.24, 2.45) is 10.9 Å². The minimum Gasteiger partial charge on any atom is -0.381 e. The first-order valence-electron chi connectivity index (χ1n) is 11.7. The maximum absolute atomic E-state index is 5.86. The van der Waals surface area contributed by atoms with Crippen molar-refractivity contribution in [2.75, 3.05) is 72.9 Å². The summed E-state index contributed by atoms with van der Waals surface area (Å²) in [5.41, 5.74) is 2.63. The number of ether oxygens (including phenoxy) is 3. The lowest BCUT2D eigenvalue weighted by atomic mass is 10.0. The van der Waals surface area contributed by atoms with E-state index in [1.165, 1.54) is 11.1 Å². The van der Waals surface area contributed by atoms with Gasteiger partial charge in [-0.3, -0.25) is 9.89 Å². The molecule has 0 radical (unpaired) electrons. The van der Waals surface area contributed by atoms with Crippen molar-refractivity contribution in [1.82, 2.24) is 15.5 Å². The lowest BCUT2D eigenvalue weighted by Crippen LogP contribution is -2.46. The van der Waals surface area contributed by atoms with Gasteiger partial charge in [0.1, 0.15) is 0 Å². The Hall–Kier alpha value is -0.940. The summed E-state index contributed by atoms with van der Waals surface area (Å²) in [6.45, 7) is 10.7. The van der Waals surface area contributed by atoms with Gasteiger partial charge in [-0.15, -0.1) is 24.0 Å². The molecule has 2 heterocycles. The van der Waals surface area contributed by atoms with Gasteiger partial charge < -0.3 is 24.8 Å². The summed E-state index contributed by atoms with van der Waals surface area (Å²) < 4.78 is 16.8. The third-order valence-corrected chi connectivity index (χ3v) is 6.05. The normalized spacial score (nSPS) is 19.2. The highest BCUT2D eigenvalue weighted by Gasteiger charge is 2.23. The molecule has 1 unspecified atom stereocenters. The smallest absolute Gasteiger partial charge is 0.191 e. The molecule has 0 saturated carbocycles. The molecule has 0 aromatic heterocycles. The summed E-state index contributed by atoms with van der Waals surface area (Å²) in [5.74, 6) is 1.50. The summed E-state index contributed by atoms with van der Waals surface area (Å²) in [5, 5.41) is 6.95. The second kappa shape index (κ2) is 15.8. The first-order chi connectivity index (χ1) is 15.3. The summed E-state index contributed by atoms with van der Waals surface area (Å²) in [6.07, 6.45) is 3.22. The Morgan fingerprint density at radius 3 is 2.62 bits per heavy atom. The third-order valence-electron chi connectivity index (χ3n) is 6.05. The van der Waals surface area contributed by atoms with Crippen molar-refractivity contribution in [3.05, 3.63) is 35.4 Å². The fourth-order valence-corrected chi connectivity index (χ4v) is 4.18. The summed E-state index contributed by atoms with van der Waals surface area (Å²) >= 11 is 0. The van der Waals surface area contributed by atoms with Crippen molar-refractivity contribution in [1.29, 1.82) is 0 Å². The molecule has 3 rings (SSSR count). The minimum absolute atomic E-state index is 0. The number of rotatable bonds is 10. The molecule has 2 saturated heterocycles. The Labute approximate surface area is 210 Å². The number of morpholine rings is 1. The Morgan fingerprint density at radius 2 is 1.91 bits per heavy atom. The molecular weight excluding hydrogens is 519 g/mol. The van der Waals surface area contributed by atoms with Gasteiger partial charge in [0.25, 0.3) is 0 Å². The minimum atomic E-state index is 0. The molecule has 182 valence electrons. The SMILES string of the molecule is CN=C(NCCCOCC1CCOCC1)NCC(c1cccc(C)c1)N1CCOCC1.I. The van der Waals surface area contributed by atoms with Crippen LogP contribution in [0.1, 0.15) is 36.4 Å². The van der Waals surface area contributed by atoms with E-state index in [4.69, 9.17) is 14.2 Å². The number of aryl methyl sites for hydroxylation is 1. The number of nitrogens with one attached hydrogen (secondary N) is 2. The number of benzene rings is 1. The van der Waals surface area contributed by atoms with Crippen LogP contribution in [0.25, 0.3) is 0 Å². The van der Waals surface area contributed by atoms with Crippen LogP contribution in [-0.2, 0) is 14.2 Å². The molecule has 1 aromatic carbocycles. The highest BCUT2D eigenvalue weighted by molar-refractivity contribution is 14.0. The molecule has 2 aliphatic rings. The monoisotopic (exact) mass is 560 g/mol. The van der Waals surface area contributed by atoms with Crippen molar-refractivity contribution in [2.45, 2.75) is 32.2 Å². The summed E-state index contributed by atoms with van der Waals surface area (Å²) in [7, 11) is 1.83. The standard InChI is InChI=1S/C24H40N4O3.HI/c1-20-5-3-6-22(17-20)23(28-10-15-30-16-11-28)18-27-24(25-2)26-9-4-12-31-19-21-7-13-29-14-8-21;/h3,5-6,17,21,23H,4,7-16,18-19H2,1-2H3,(H2,25,26,27);1H. The van der Waals surface area contributed by atoms with Crippen LogP contribution in [0, 0.1) is 12.8 Å². The molecule has 7 nitrogen and oxygen atoms in total. The van der Waals surface area contributed by atoms with Crippen LogP contribution < -0.4 is 10.6 Å². The van der Waals surface area contributed by atoms with Gasteiger partial charge in [-0.1, -0.05) is 29.8 Å². The van der Waals surface area contributed by atoms with Gasteiger partial charge in [-0.2, -0.15) is 0 Å². The quantitative estimate of drug-likeness (QED) is 0.199. The fourth-order valence-electron chi connectivity index (χ4n) is 4.18. The number of hydrogen-bond acceptors (Lipinski definition) is 5. The first-order valence-corrected chi connectivity index (χ1v) is 11.7. The zero-order valence-electron chi connectivity index (χ0n) is 19.7. The molecule has 0 spiro atoms. The first kappa shape index (κ1) is 27.3. The predicted octanol–water partition coefficient (Wildman–Crippen LogP) is 2.98. The van der Waals surface area contributed by atoms with Gasteiger partial charge >= 0.3 is 0 Å².